The summed E-state index contributed by atoms with van der Waals surface area (Å²) in [5.74, 6) is 0. The van der Waals surface area contributed by atoms with E-state index in [4.69, 9.17) is 0 Å². The molecule has 3 aromatic rings. The van der Waals surface area contributed by atoms with Crippen LogP contribution in [0.3, 0.4) is 0 Å². The predicted octanol–water partition coefficient (Wildman–Crippen LogP) is 4.96. The Hall–Kier alpha value is -2.46. The standard InChI is InChI=1S/C28H34N2O/c31-24-28(16-18-29(19-17-28)20-25-10-4-1-5-11-25)23-30(21-26-12-6-2-7-13-26)22-27-14-8-3-9-15-27/h1-15,31H,16-24H2. The van der Waals surface area contributed by atoms with Crippen molar-refractivity contribution in [3.05, 3.63) is 108 Å². The minimum atomic E-state index is -0.0310. The van der Waals surface area contributed by atoms with Crippen molar-refractivity contribution in [3.8, 4) is 0 Å². The van der Waals surface area contributed by atoms with Crippen LogP contribution in [0.2, 0.25) is 0 Å². The van der Waals surface area contributed by atoms with Gasteiger partial charge in [0.05, 0.1) is 6.61 Å². The highest BCUT2D eigenvalue weighted by Crippen LogP contribution is 2.33. The number of likely N-dealkylation sites (tertiary alicyclic amines) is 1. The van der Waals surface area contributed by atoms with Crippen molar-refractivity contribution in [2.75, 3.05) is 26.2 Å². The first-order valence-corrected chi connectivity index (χ1v) is 11.4. The molecule has 4 rings (SSSR count). The van der Waals surface area contributed by atoms with E-state index >= 15 is 0 Å². The van der Waals surface area contributed by atoms with E-state index in [1.165, 1.54) is 16.7 Å². The van der Waals surface area contributed by atoms with Crippen LogP contribution >= 0.6 is 0 Å². The van der Waals surface area contributed by atoms with Crippen LogP contribution in [-0.4, -0.2) is 41.1 Å². The molecule has 1 saturated heterocycles. The maximum atomic E-state index is 10.5. The van der Waals surface area contributed by atoms with Crippen molar-refractivity contribution in [2.45, 2.75) is 32.5 Å². The van der Waals surface area contributed by atoms with Crippen LogP contribution in [0.5, 0.6) is 0 Å². The third-order valence-corrected chi connectivity index (χ3v) is 6.56. The lowest BCUT2D eigenvalue weighted by Gasteiger charge is -2.43. The van der Waals surface area contributed by atoms with Crippen LogP contribution < -0.4 is 0 Å². The maximum Gasteiger partial charge on any atom is 0.0500 e. The van der Waals surface area contributed by atoms with Gasteiger partial charge in [0.1, 0.15) is 0 Å². The van der Waals surface area contributed by atoms with Crippen molar-refractivity contribution < 1.29 is 5.11 Å². The van der Waals surface area contributed by atoms with Gasteiger partial charge in [-0.15, -0.1) is 0 Å². The highest BCUT2D eigenvalue weighted by atomic mass is 16.3. The van der Waals surface area contributed by atoms with E-state index in [0.717, 1.165) is 52.1 Å². The molecule has 3 aromatic carbocycles. The number of nitrogens with zero attached hydrogens (tertiary/aromatic N) is 2. The molecule has 0 unspecified atom stereocenters. The van der Waals surface area contributed by atoms with Crippen molar-refractivity contribution in [3.63, 3.8) is 0 Å². The summed E-state index contributed by atoms with van der Waals surface area (Å²) in [7, 11) is 0. The Bertz CT molecular complexity index is 849. The first kappa shape index (κ1) is 21.8. The second kappa shape index (κ2) is 10.7. The molecule has 1 aliphatic rings. The van der Waals surface area contributed by atoms with Crippen LogP contribution in [0.15, 0.2) is 91.0 Å². The molecular formula is C28H34N2O. The van der Waals surface area contributed by atoms with E-state index < -0.39 is 0 Å². The topological polar surface area (TPSA) is 26.7 Å². The maximum absolute atomic E-state index is 10.5. The number of piperidine rings is 1. The summed E-state index contributed by atoms with van der Waals surface area (Å²) >= 11 is 0. The molecule has 1 fully saturated rings. The van der Waals surface area contributed by atoms with Gasteiger partial charge in [-0.3, -0.25) is 9.80 Å². The number of aliphatic hydroxyl groups is 1. The molecule has 0 aliphatic carbocycles. The first-order chi connectivity index (χ1) is 15.2. The van der Waals surface area contributed by atoms with Crippen molar-refractivity contribution in [1.82, 2.24) is 9.80 Å². The Morgan fingerprint density at radius 1 is 0.677 bits per heavy atom. The fraction of sp³-hybridized carbons (Fsp3) is 0.357. The minimum absolute atomic E-state index is 0.0310. The lowest BCUT2D eigenvalue weighted by molar-refractivity contribution is 0.00704. The molecule has 31 heavy (non-hydrogen) atoms. The molecule has 3 heteroatoms. The second-order valence-electron chi connectivity index (χ2n) is 9.04. The third kappa shape index (κ3) is 6.27. The van der Waals surface area contributed by atoms with Gasteiger partial charge >= 0.3 is 0 Å². The number of aliphatic hydroxyl groups excluding tert-OH is 1. The normalized spacial score (nSPS) is 16.5. The summed E-state index contributed by atoms with van der Waals surface area (Å²) in [6.07, 6.45) is 2.08. The van der Waals surface area contributed by atoms with Crippen molar-refractivity contribution in [2.24, 2.45) is 5.41 Å². The van der Waals surface area contributed by atoms with Crippen LogP contribution in [-0.2, 0) is 19.6 Å². The van der Waals surface area contributed by atoms with Crippen LogP contribution in [0.25, 0.3) is 0 Å². The molecule has 0 amide bonds. The zero-order chi connectivity index (χ0) is 21.4. The Morgan fingerprint density at radius 3 is 1.58 bits per heavy atom. The fourth-order valence-corrected chi connectivity index (χ4v) is 4.72. The molecule has 0 atom stereocenters. The van der Waals surface area contributed by atoms with Gasteiger partial charge in [0.25, 0.3) is 0 Å². The predicted molar refractivity (Wildman–Crippen MR) is 127 cm³/mol. The van der Waals surface area contributed by atoms with E-state index in [-0.39, 0.29) is 12.0 Å². The van der Waals surface area contributed by atoms with Crippen LogP contribution in [0.1, 0.15) is 29.5 Å². The quantitative estimate of drug-likeness (QED) is 0.536. The SMILES string of the molecule is OCC1(CN(Cc2ccccc2)Cc2ccccc2)CCN(Cc2ccccc2)CC1. The molecule has 0 spiro atoms. The smallest absolute Gasteiger partial charge is 0.0500 e. The molecule has 3 nitrogen and oxygen atoms in total. The first-order valence-electron chi connectivity index (χ1n) is 11.4. The summed E-state index contributed by atoms with van der Waals surface area (Å²) in [6, 6.07) is 32.1. The van der Waals surface area contributed by atoms with E-state index in [1.807, 2.05) is 0 Å². The Labute approximate surface area is 187 Å². The molecule has 0 aromatic heterocycles. The number of hydrogen-bond acceptors (Lipinski definition) is 3. The van der Waals surface area contributed by atoms with E-state index in [9.17, 15) is 5.11 Å². The average molecular weight is 415 g/mol. The van der Waals surface area contributed by atoms with Gasteiger partial charge in [-0.2, -0.15) is 0 Å². The second-order valence-corrected chi connectivity index (χ2v) is 9.04. The average Bonchev–Trinajstić information content (AvgIpc) is 2.82. The van der Waals surface area contributed by atoms with E-state index in [0.29, 0.717) is 0 Å². The Kier molecular flexibility index (Phi) is 7.52. The van der Waals surface area contributed by atoms with Gasteiger partial charge < -0.3 is 5.11 Å². The van der Waals surface area contributed by atoms with Crippen LogP contribution in [0, 0.1) is 5.41 Å². The highest BCUT2D eigenvalue weighted by Gasteiger charge is 2.35. The minimum Gasteiger partial charge on any atom is -0.396 e. The zero-order valence-electron chi connectivity index (χ0n) is 18.4. The molecular weight excluding hydrogens is 380 g/mol. The number of rotatable bonds is 9. The van der Waals surface area contributed by atoms with Gasteiger partial charge in [-0.05, 0) is 42.6 Å². The van der Waals surface area contributed by atoms with Gasteiger partial charge in [0.15, 0.2) is 0 Å². The molecule has 1 aliphatic heterocycles. The molecule has 0 radical (unpaired) electrons. The lowest BCUT2D eigenvalue weighted by Crippen LogP contribution is -2.47. The van der Waals surface area contributed by atoms with Crippen molar-refractivity contribution >= 4 is 0 Å². The summed E-state index contributed by atoms with van der Waals surface area (Å²) in [6.45, 7) is 6.08. The molecule has 1 N–H and O–H groups in total. The third-order valence-electron chi connectivity index (χ3n) is 6.56. The summed E-state index contributed by atoms with van der Waals surface area (Å²) in [4.78, 5) is 5.05. The van der Waals surface area contributed by atoms with Crippen LogP contribution in [0.4, 0.5) is 0 Å². The Balaban J connectivity index is 1.42. The highest BCUT2D eigenvalue weighted by molar-refractivity contribution is 5.18. The van der Waals surface area contributed by atoms with Crippen molar-refractivity contribution in [1.29, 1.82) is 0 Å². The summed E-state index contributed by atoms with van der Waals surface area (Å²) < 4.78 is 0. The van der Waals surface area contributed by atoms with Gasteiger partial charge in [0.2, 0.25) is 0 Å². The van der Waals surface area contributed by atoms with E-state index in [2.05, 4.69) is 101 Å². The van der Waals surface area contributed by atoms with Gasteiger partial charge in [-0.1, -0.05) is 91.0 Å². The monoisotopic (exact) mass is 414 g/mol. The Morgan fingerprint density at radius 2 is 1.13 bits per heavy atom. The largest absolute Gasteiger partial charge is 0.396 e. The van der Waals surface area contributed by atoms with Gasteiger partial charge in [-0.25, -0.2) is 0 Å². The molecule has 1 heterocycles. The fourth-order valence-electron chi connectivity index (χ4n) is 4.72. The molecule has 0 bridgehead atoms. The lowest BCUT2D eigenvalue weighted by atomic mass is 9.78. The molecule has 0 saturated carbocycles. The molecule has 162 valence electrons. The number of hydrogen-bond donors (Lipinski definition) is 1. The van der Waals surface area contributed by atoms with Gasteiger partial charge in [0, 0.05) is 31.6 Å². The summed E-state index contributed by atoms with van der Waals surface area (Å²) in [5, 5.41) is 10.5. The zero-order valence-corrected chi connectivity index (χ0v) is 18.4. The van der Waals surface area contributed by atoms with E-state index in [1.54, 1.807) is 0 Å². The number of benzene rings is 3. The summed E-state index contributed by atoms with van der Waals surface area (Å²) in [5.41, 5.74) is 3.99.